The van der Waals surface area contributed by atoms with Crippen molar-refractivity contribution < 1.29 is 19.1 Å². The second-order valence-electron chi connectivity index (χ2n) is 9.01. The predicted octanol–water partition coefficient (Wildman–Crippen LogP) is 7.58. The Morgan fingerprint density at radius 3 is 2.05 bits per heavy atom. The summed E-state index contributed by atoms with van der Waals surface area (Å²) in [4.78, 5) is 27.2. The second kappa shape index (κ2) is 12.4. The number of hydrogen-bond donors (Lipinski definition) is 2. The Hall–Kier alpha value is -4.75. The molecule has 200 valence electrons. The van der Waals surface area contributed by atoms with Crippen LogP contribution in [-0.4, -0.2) is 26.0 Å². The molecular formula is C33H28N2O4S. The van der Waals surface area contributed by atoms with E-state index in [2.05, 4.69) is 10.6 Å². The summed E-state index contributed by atoms with van der Waals surface area (Å²) < 4.78 is 10.5. The van der Waals surface area contributed by atoms with E-state index < -0.39 is 5.25 Å². The number of methoxy groups -OCH3 is 2. The van der Waals surface area contributed by atoms with Crippen molar-refractivity contribution >= 4 is 45.7 Å². The third-order valence-electron chi connectivity index (χ3n) is 6.37. The average Bonchev–Trinajstić information content (AvgIpc) is 3.00. The third-order valence-corrected chi connectivity index (χ3v) is 7.64. The summed E-state index contributed by atoms with van der Waals surface area (Å²) in [6.07, 6.45) is 0. The summed E-state index contributed by atoms with van der Waals surface area (Å²) in [6.45, 7) is 0. The first-order chi connectivity index (χ1) is 19.5. The monoisotopic (exact) mass is 548 g/mol. The minimum absolute atomic E-state index is 0.114. The van der Waals surface area contributed by atoms with Gasteiger partial charge >= 0.3 is 0 Å². The fourth-order valence-electron chi connectivity index (χ4n) is 4.31. The Kier molecular flexibility index (Phi) is 8.32. The van der Waals surface area contributed by atoms with E-state index in [1.54, 1.807) is 25.3 Å². The van der Waals surface area contributed by atoms with Gasteiger partial charge in [0.2, 0.25) is 5.91 Å². The van der Waals surface area contributed by atoms with Crippen LogP contribution in [0.25, 0.3) is 10.8 Å². The molecule has 40 heavy (non-hydrogen) atoms. The van der Waals surface area contributed by atoms with Gasteiger partial charge in [0, 0.05) is 21.8 Å². The molecule has 6 nitrogen and oxygen atoms in total. The number of benzene rings is 5. The fraction of sp³-hybridized carbons (Fsp3) is 0.0909. The van der Waals surface area contributed by atoms with Crippen LogP contribution in [0.4, 0.5) is 11.4 Å². The molecular weight excluding hydrogens is 520 g/mol. The largest absolute Gasteiger partial charge is 0.493 e. The van der Waals surface area contributed by atoms with Gasteiger partial charge in [-0.2, -0.15) is 0 Å². The summed E-state index contributed by atoms with van der Waals surface area (Å²) in [6, 6.07) is 36.1. The summed E-state index contributed by atoms with van der Waals surface area (Å²) in [5.41, 5.74) is 2.74. The molecule has 0 fully saturated rings. The van der Waals surface area contributed by atoms with Crippen molar-refractivity contribution in [2.45, 2.75) is 10.1 Å². The average molecular weight is 549 g/mol. The Labute approximate surface area is 237 Å². The number of ether oxygens (including phenoxy) is 2. The number of rotatable bonds is 9. The second-order valence-corrected chi connectivity index (χ2v) is 10.2. The summed E-state index contributed by atoms with van der Waals surface area (Å²) in [7, 11) is 3.08. The molecule has 0 aliphatic heterocycles. The molecule has 5 aromatic rings. The fourth-order valence-corrected chi connectivity index (χ4v) is 5.33. The van der Waals surface area contributed by atoms with Gasteiger partial charge in [-0.3, -0.25) is 9.59 Å². The molecule has 0 saturated carbocycles. The third kappa shape index (κ3) is 6.27. The number of anilines is 2. The lowest BCUT2D eigenvalue weighted by atomic mass is 10.1. The summed E-state index contributed by atoms with van der Waals surface area (Å²) in [5, 5.41) is 7.71. The van der Waals surface area contributed by atoms with Crippen LogP contribution < -0.4 is 20.1 Å². The SMILES string of the molecule is COc1ccc(C(=O)Nc2ccc(SC(C(=O)Nc3ccc4ccccc4c3)c3ccccc3)cc2)cc1OC. The molecule has 0 saturated heterocycles. The van der Waals surface area contributed by atoms with E-state index in [4.69, 9.17) is 9.47 Å². The van der Waals surface area contributed by atoms with Crippen molar-refractivity contribution in [3.63, 3.8) is 0 Å². The first-order valence-corrected chi connectivity index (χ1v) is 13.6. The van der Waals surface area contributed by atoms with Crippen LogP contribution in [0.15, 0.2) is 120 Å². The predicted molar refractivity (Wildman–Crippen MR) is 162 cm³/mol. The van der Waals surface area contributed by atoms with Crippen LogP contribution in [0.5, 0.6) is 11.5 Å². The van der Waals surface area contributed by atoms with Gasteiger partial charge in [0.25, 0.3) is 5.91 Å². The molecule has 1 atom stereocenters. The molecule has 1 unspecified atom stereocenters. The Balaban J connectivity index is 1.30. The van der Waals surface area contributed by atoms with Crippen LogP contribution in [0.1, 0.15) is 21.2 Å². The van der Waals surface area contributed by atoms with Crippen molar-refractivity contribution in [2.75, 3.05) is 24.9 Å². The zero-order chi connectivity index (χ0) is 27.9. The molecule has 2 N–H and O–H groups in total. The van der Waals surface area contributed by atoms with Crippen LogP contribution >= 0.6 is 11.8 Å². The Morgan fingerprint density at radius 1 is 0.650 bits per heavy atom. The van der Waals surface area contributed by atoms with Gasteiger partial charge in [0.1, 0.15) is 5.25 Å². The van der Waals surface area contributed by atoms with E-state index >= 15 is 0 Å². The maximum absolute atomic E-state index is 13.5. The molecule has 0 spiro atoms. The maximum Gasteiger partial charge on any atom is 0.255 e. The van der Waals surface area contributed by atoms with Gasteiger partial charge in [-0.1, -0.05) is 60.7 Å². The molecule has 0 aromatic heterocycles. The van der Waals surface area contributed by atoms with Crippen LogP contribution in [-0.2, 0) is 4.79 Å². The maximum atomic E-state index is 13.5. The Morgan fingerprint density at radius 2 is 1.32 bits per heavy atom. The van der Waals surface area contributed by atoms with Gasteiger partial charge in [-0.15, -0.1) is 11.8 Å². The van der Waals surface area contributed by atoms with Crippen molar-refractivity contribution in [3.8, 4) is 11.5 Å². The number of hydrogen-bond acceptors (Lipinski definition) is 5. The molecule has 5 aromatic carbocycles. The van der Waals surface area contributed by atoms with Crippen LogP contribution in [0.3, 0.4) is 0 Å². The first-order valence-electron chi connectivity index (χ1n) is 12.7. The number of thioether (sulfide) groups is 1. The van der Waals surface area contributed by atoms with E-state index in [0.717, 1.165) is 26.9 Å². The highest BCUT2D eigenvalue weighted by Crippen LogP contribution is 2.37. The van der Waals surface area contributed by atoms with E-state index in [1.807, 2.05) is 97.1 Å². The van der Waals surface area contributed by atoms with Crippen molar-refractivity contribution in [3.05, 3.63) is 126 Å². The van der Waals surface area contributed by atoms with Gasteiger partial charge in [-0.25, -0.2) is 0 Å². The Bertz CT molecular complexity index is 1640. The van der Waals surface area contributed by atoms with E-state index in [9.17, 15) is 9.59 Å². The smallest absolute Gasteiger partial charge is 0.255 e. The number of carbonyl (C=O) groups excluding carboxylic acids is 2. The molecule has 0 radical (unpaired) electrons. The van der Waals surface area contributed by atoms with Crippen molar-refractivity contribution in [1.29, 1.82) is 0 Å². The van der Waals surface area contributed by atoms with Crippen LogP contribution in [0.2, 0.25) is 0 Å². The van der Waals surface area contributed by atoms with Crippen molar-refractivity contribution in [1.82, 2.24) is 0 Å². The minimum atomic E-state index is -0.472. The highest BCUT2D eigenvalue weighted by Gasteiger charge is 2.22. The molecule has 5 rings (SSSR count). The van der Waals surface area contributed by atoms with Gasteiger partial charge in [0.05, 0.1) is 14.2 Å². The lowest BCUT2D eigenvalue weighted by molar-refractivity contribution is -0.115. The number of fused-ring (bicyclic) bond motifs is 1. The van der Waals surface area contributed by atoms with Gasteiger partial charge in [0.15, 0.2) is 11.5 Å². The van der Waals surface area contributed by atoms with E-state index in [0.29, 0.717) is 22.7 Å². The minimum Gasteiger partial charge on any atom is -0.493 e. The zero-order valence-electron chi connectivity index (χ0n) is 22.1. The molecule has 0 aliphatic rings. The highest BCUT2D eigenvalue weighted by atomic mass is 32.2. The van der Waals surface area contributed by atoms with E-state index in [1.165, 1.54) is 18.9 Å². The van der Waals surface area contributed by atoms with E-state index in [-0.39, 0.29) is 11.8 Å². The topological polar surface area (TPSA) is 76.7 Å². The zero-order valence-corrected chi connectivity index (χ0v) is 22.9. The first kappa shape index (κ1) is 26.8. The summed E-state index contributed by atoms with van der Waals surface area (Å²) in [5.74, 6) is 0.657. The molecule has 0 aliphatic carbocycles. The lowest BCUT2D eigenvalue weighted by Gasteiger charge is -2.18. The van der Waals surface area contributed by atoms with Crippen molar-refractivity contribution in [2.24, 2.45) is 0 Å². The lowest BCUT2D eigenvalue weighted by Crippen LogP contribution is -2.19. The standard InChI is InChI=1S/C33H28N2O4S/c1-38-29-19-13-25(21-30(29)39-2)32(36)34-26-15-17-28(18-16-26)40-31(23-9-4-3-5-10-23)33(37)35-27-14-12-22-8-6-7-11-24(22)20-27/h3-21,31H,1-2H3,(H,34,36)(H,35,37). The highest BCUT2D eigenvalue weighted by molar-refractivity contribution is 8.00. The summed E-state index contributed by atoms with van der Waals surface area (Å²) >= 11 is 1.45. The van der Waals surface area contributed by atoms with Gasteiger partial charge in [-0.05, 0) is 70.9 Å². The number of carbonyl (C=O) groups is 2. The van der Waals surface area contributed by atoms with Gasteiger partial charge < -0.3 is 20.1 Å². The quantitative estimate of drug-likeness (QED) is 0.186. The number of amides is 2. The van der Waals surface area contributed by atoms with Crippen LogP contribution in [0, 0.1) is 0 Å². The molecule has 2 amide bonds. The normalized spacial score (nSPS) is 11.4. The molecule has 7 heteroatoms. The molecule has 0 heterocycles. The molecule has 0 bridgehead atoms. The number of nitrogens with one attached hydrogen (secondary N) is 2.